The van der Waals surface area contributed by atoms with Crippen molar-refractivity contribution in [3.63, 3.8) is 0 Å². The number of rotatable bonds is 6. The highest BCUT2D eigenvalue weighted by molar-refractivity contribution is 6.04. The third kappa shape index (κ3) is 5.05. The molecule has 0 aliphatic carbocycles. The molecule has 0 unspecified atom stereocenters. The van der Waals surface area contributed by atoms with Gasteiger partial charge in [0.05, 0.1) is 11.8 Å². The standard InChI is InChI=1S/C22H22N6O3/c1-13(2)26-21(29)17-11-24-20-19(17)27-18(12-25-20)31-16-7-5-14(6-8-16)9-15(10-23)22(30)28(3)4/h5-9,11-13H,1-4H3,(H,24,25)(H,26,29). The van der Waals surface area contributed by atoms with E-state index in [0.717, 1.165) is 0 Å². The summed E-state index contributed by atoms with van der Waals surface area (Å²) >= 11 is 0. The normalized spacial score (nSPS) is 11.3. The van der Waals surface area contributed by atoms with Crippen molar-refractivity contribution < 1.29 is 14.3 Å². The van der Waals surface area contributed by atoms with Gasteiger partial charge in [-0.05, 0) is 37.6 Å². The summed E-state index contributed by atoms with van der Waals surface area (Å²) in [6.07, 6.45) is 4.53. The molecule has 0 saturated carbocycles. The monoisotopic (exact) mass is 418 g/mol. The van der Waals surface area contributed by atoms with Gasteiger partial charge in [-0.1, -0.05) is 12.1 Å². The van der Waals surface area contributed by atoms with Gasteiger partial charge in [-0.25, -0.2) is 9.97 Å². The highest BCUT2D eigenvalue weighted by Gasteiger charge is 2.16. The van der Waals surface area contributed by atoms with Crippen LogP contribution < -0.4 is 10.1 Å². The molecule has 0 aliphatic heterocycles. The predicted molar refractivity (Wildman–Crippen MR) is 115 cm³/mol. The summed E-state index contributed by atoms with van der Waals surface area (Å²) in [5.74, 6) is 0.112. The fourth-order valence-electron chi connectivity index (χ4n) is 2.74. The van der Waals surface area contributed by atoms with Crippen molar-refractivity contribution in [1.29, 1.82) is 5.26 Å². The van der Waals surface area contributed by atoms with Crippen molar-refractivity contribution >= 4 is 29.1 Å². The summed E-state index contributed by atoms with van der Waals surface area (Å²) in [7, 11) is 3.18. The van der Waals surface area contributed by atoms with E-state index in [4.69, 9.17) is 4.74 Å². The fourth-order valence-corrected chi connectivity index (χ4v) is 2.74. The van der Waals surface area contributed by atoms with Crippen molar-refractivity contribution in [2.24, 2.45) is 0 Å². The molecule has 0 spiro atoms. The third-order valence-corrected chi connectivity index (χ3v) is 4.19. The van der Waals surface area contributed by atoms with Crippen molar-refractivity contribution in [2.75, 3.05) is 14.1 Å². The van der Waals surface area contributed by atoms with Crippen LogP contribution in [0.5, 0.6) is 11.6 Å². The van der Waals surface area contributed by atoms with E-state index in [1.807, 2.05) is 19.9 Å². The first-order chi connectivity index (χ1) is 14.8. The van der Waals surface area contributed by atoms with Crippen LogP contribution in [0.25, 0.3) is 17.2 Å². The Bertz CT molecular complexity index is 1190. The van der Waals surface area contributed by atoms with E-state index in [0.29, 0.717) is 28.0 Å². The summed E-state index contributed by atoms with van der Waals surface area (Å²) in [5.41, 5.74) is 2.00. The molecule has 31 heavy (non-hydrogen) atoms. The molecule has 3 rings (SSSR count). The molecular formula is C22H22N6O3. The zero-order chi connectivity index (χ0) is 22.5. The third-order valence-electron chi connectivity index (χ3n) is 4.19. The number of aromatic amines is 1. The lowest BCUT2D eigenvalue weighted by Crippen LogP contribution is -2.29. The lowest BCUT2D eigenvalue weighted by Gasteiger charge is -2.09. The number of amides is 2. The minimum atomic E-state index is -0.366. The zero-order valence-electron chi connectivity index (χ0n) is 17.6. The molecule has 3 aromatic rings. The Balaban J connectivity index is 1.81. The van der Waals surface area contributed by atoms with E-state index in [-0.39, 0.29) is 29.3 Å². The molecule has 0 radical (unpaired) electrons. The quantitative estimate of drug-likeness (QED) is 0.469. The number of carbonyl (C=O) groups is 2. The van der Waals surface area contributed by atoms with Crippen LogP contribution in [0.1, 0.15) is 29.8 Å². The van der Waals surface area contributed by atoms with Crippen molar-refractivity contribution in [3.05, 3.63) is 53.4 Å². The van der Waals surface area contributed by atoms with Gasteiger partial charge in [0.2, 0.25) is 5.88 Å². The number of carbonyl (C=O) groups excluding carboxylic acids is 2. The Morgan fingerprint density at radius 3 is 2.58 bits per heavy atom. The highest BCUT2D eigenvalue weighted by Crippen LogP contribution is 2.23. The molecule has 1 aromatic carbocycles. The Hall–Kier alpha value is -4.19. The lowest BCUT2D eigenvalue weighted by molar-refractivity contribution is -0.124. The summed E-state index contributed by atoms with van der Waals surface area (Å²) in [5, 5.41) is 12.0. The number of likely N-dealkylation sites (N-methyl/N-ethyl adjacent to an activating group) is 1. The second kappa shape index (κ2) is 9.09. The van der Waals surface area contributed by atoms with E-state index in [9.17, 15) is 14.9 Å². The summed E-state index contributed by atoms with van der Waals surface area (Å²) < 4.78 is 5.76. The predicted octanol–water partition coefficient (Wildman–Crippen LogP) is 2.88. The van der Waals surface area contributed by atoms with Gasteiger partial charge in [-0.3, -0.25) is 9.59 Å². The number of hydrogen-bond acceptors (Lipinski definition) is 6. The van der Waals surface area contributed by atoms with Gasteiger partial charge in [0.25, 0.3) is 11.8 Å². The number of aromatic nitrogens is 3. The maximum absolute atomic E-state index is 12.3. The SMILES string of the molecule is CC(C)NC(=O)c1c[nH]c2ncc(Oc3ccc(C=C(C#N)C(=O)N(C)C)cc3)nc12. The fraction of sp³-hybridized carbons (Fsp3) is 0.227. The highest BCUT2D eigenvalue weighted by atomic mass is 16.5. The van der Waals surface area contributed by atoms with Crippen LogP contribution in [0.2, 0.25) is 0 Å². The topological polar surface area (TPSA) is 124 Å². The molecule has 2 heterocycles. The number of hydrogen-bond donors (Lipinski definition) is 2. The molecule has 0 atom stereocenters. The zero-order valence-corrected chi connectivity index (χ0v) is 17.6. The number of H-pyrrole nitrogens is 1. The molecule has 9 heteroatoms. The lowest BCUT2D eigenvalue weighted by atomic mass is 10.1. The van der Waals surface area contributed by atoms with Gasteiger partial charge in [-0.2, -0.15) is 5.26 Å². The van der Waals surface area contributed by atoms with Crippen LogP contribution in [-0.4, -0.2) is 51.8 Å². The van der Waals surface area contributed by atoms with Gasteiger partial charge in [0.1, 0.15) is 22.9 Å². The van der Waals surface area contributed by atoms with Crippen molar-refractivity contribution in [1.82, 2.24) is 25.2 Å². The minimum Gasteiger partial charge on any atom is -0.437 e. The van der Waals surface area contributed by atoms with Crippen molar-refractivity contribution in [2.45, 2.75) is 19.9 Å². The number of benzene rings is 1. The number of fused-ring (bicyclic) bond motifs is 1. The van der Waals surface area contributed by atoms with E-state index in [2.05, 4.69) is 20.3 Å². The Labute approximate surface area is 179 Å². The van der Waals surface area contributed by atoms with Crippen LogP contribution in [0.4, 0.5) is 0 Å². The van der Waals surface area contributed by atoms with E-state index < -0.39 is 0 Å². The number of nitriles is 1. The van der Waals surface area contributed by atoms with Gasteiger partial charge in [-0.15, -0.1) is 0 Å². The molecule has 2 amide bonds. The minimum absolute atomic E-state index is 0.00743. The first-order valence-electron chi connectivity index (χ1n) is 9.55. The van der Waals surface area contributed by atoms with Crippen molar-refractivity contribution in [3.8, 4) is 17.7 Å². The molecule has 9 nitrogen and oxygen atoms in total. The van der Waals surface area contributed by atoms with E-state index >= 15 is 0 Å². The molecular weight excluding hydrogens is 396 g/mol. The summed E-state index contributed by atoms with van der Waals surface area (Å²) in [4.78, 5) is 37.2. The number of nitrogens with one attached hydrogen (secondary N) is 2. The maximum Gasteiger partial charge on any atom is 0.264 e. The van der Waals surface area contributed by atoms with Gasteiger partial charge in [0.15, 0.2) is 5.65 Å². The van der Waals surface area contributed by atoms with Gasteiger partial charge >= 0.3 is 0 Å². The Morgan fingerprint density at radius 2 is 1.97 bits per heavy atom. The van der Waals surface area contributed by atoms with Crippen LogP contribution >= 0.6 is 0 Å². The molecule has 0 bridgehead atoms. The summed E-state index contributed by atoms with van der Waals surface area (Å²) in [6, 6.07) is 8.73. The molecule has 2 N–H and O–H groups in total. The van der Waals surface area contributed by atoms with Crippen LogP contribution in [-0.2, 0) is 4.79 Å². The first-order valence-corrected chi connectivity index (χ1v) is 9.55. The molecule has 158 valence electrons. The summed E-state index contributed by atoms with van der Waals surface area (Å²) in [6.45, 7) is 3.75. The van der Waals surface area contributed by atoms with Gasteiger partial charge < -0.3 is 19.9 Å². The smallest absolute Gasteiger partial charge is 0.264 e. The second-order valence-electron chi connectivity index (χ2n) is 7.28. The molecule has 0 aliphatic rings. The molecule has 0 fully saturated rings. The Kier molecular flexibility index (Phi) is 6.31. The Morgan fingerprint density at radius 1 is 1.26 bits per heavy atom. The number of nitrogens with zero attached hydrogens (tertiary/aromatic N) is 4. The van der Waals surface area contributed by atoms with Crippen LogP contribution in [0.3, 0.4) is 0 Å². The maximum atomic E-state index is 12.3. The van der Waals surface area contributed by atoms with E-state index in [1.54, 1.807) is 44.6 Å². The van der Waals surface area contributed by atoms with Crippen LogP contribution in [0.15, 0.2) is 42.2 Å². The average Bonchev–Trinajstić information content (AvgIpc) is 3.15. The van der Waals surface area contributed by atoms with Crippen LogP contribution in [0, 0.1) is 11.3 Å². The molecule has 2 aromatic heterocycles. The molecule has 0 saturated heterocycles. The second-order valence-corrected chi connectivity index (χ2v) is 7.28. The number of ether oxygens (including phenoxy) is 1. The average molecular weight is 418 g/mol. The van der Waals surface area contributed by atoms with E-state index in [1.165, 1.54) is 17.2 Å². The first kappa shape index (κ1) is 21.5. The largest absolute Gasteiger partial charge is 0.437 e. The van der Waals surface area contributed by atoms with Gasteiger partial charge in [0, 0.05) is 26.3 Å².